The van der Waals surface area contributed by atoms with Crippen LogP contribution < -0.4 is 0 Å². The lowest BCUT2D eigenvalue weighted by Gasteiger charge is -2.15. The fourth-order valence-corrected chi connectivity index (χ4v) is 2.15. The number of ether oxygens (including phenoxy) is 1. The lowest BCUT2D eigenvalue weighted by molar-refractivity contribution is -0.155. The van der Waals surface area contributed by atoms with Gasteiger partial charge in [0.15, 0.2) is 17.5 Å². The van der Waals surface area contributed by atoms with Crippen molar-refractivity contribution in [3.8, 4) is 0 Å². The lowest BCUT2D eigenvalue weighted by atomic mass is 9.89. The van der Waals surface area contributed by atoms with Gasteiger partial charge in [-0.15, -0.1) is 0 Å². The molecule has 0 aromatic rings. The second-order valence-corrected chi connectivity index (χ2v) is 4.18. The minimum atomic E-state index is -1.19. The molecule has 0 bridgehead atoms. The number of rotatable bonds is 5. The summed E-state index contributed by atoms with van der Waals surface area (Å²) < 4.78 is 4.77. The topological polar surface area (TPSA) is 60.4 Å². The molecule has 1 aliphatic carbocycles. The first-order valence-electron chi connectivity index (χ1n) is 5.78. The van der Waals surface area contributed by atoms with Crippen LogP contribution in [0.3, 0.4) is 0 Å². The van der Waals surface area contributed by atoms with Crippen LogP contribution in [0.2, 0.25) is 0 Å². The van der Waals surface area contributed by atoms with Gasteiger partial charge in [-0.05, 0) is 26.7 Å². The summed E-state index contributed by atoms with van der Waals surface area (Å²) in [4.78, 5) is 34.8. The SMILES string of the molecule is CCOC(=O)C(C(C)=O)C(=O)C1CCCC1. The van der Waals surface area contributed by atoms with Crippen LogP contribution in [0, 0.1) is 11.8 Å². The van der Waals surface area contributed by atoms with E-state index < -0.39 is 17.7 Å². The fraction of sp³-hybridized carbons (Fsp3) is 0.750. The molecule has 0 aliphatic heterocycles. The van der Waals surface area contributed by atoms with E-state index in [9.17, 15) is 14.4 Å². The highest BCUT2D eigenvalue weighted by atomic mass is 16.5. The summed E-state index contributed by atoms with van der Waals surface area (Å²) >= 11 is 0. The van der Waals surface area contributed by atoms with Crippen molar-refractivity contribution in [2.75, 3.05) is 6.61 Å². The second-order valence-electron chi connectivity index (χ2n) is 4.18. The molecule has 16 heavy (non-hydrogen) atoms. The molecular weight excluding hydrogens is 208 g/mol. The minimum Gasteiger partial charge on any atom is -0.465 e. The third-order valence-electron chi connectivity index (χ3n) is 2.97. The van der Waals surface area contributed by atoms with Gasteiger partial charge in [0.05, 0.1) is 6.61 Å². The Morgan fingerprint density at radius 2 is 1.81 bits per heavy atom. The first-order valence-corrected chi connectivity index (χ1v) is 5.78. The van der Waals surface area contributed by atoms with Crippen LogP contribution in [-0.2, 0) is 19.1 Å². The highest BCUT2D eigenvalue weighted by molar-refractivity contribution is 6.17. The molecule has 0 amide bonds. The Labute approximate surface area is 95.3 Å². The first kappa shape index (κ1) is 12.9. The molecule has 0 aromatic heterocycles. The average Bonchev–Trinajstić information content (AvgIpc) is 2.70. The normalized spacial score (nSPS) is 18.1. The molecule has 1 fully saturated rings. The molecular formula is C12H18O4. The van der Waals surface area contributed by atoms with E-state index in [1.54, 1.807) is 6.92 Å². The van der Waals surface area contributed by atoms with Gasteiger partial charge in [-0.1, -0.05) is 12.8 Å². The van der Waals surface area contributed by atoms with Crippen molar-refractivity contribution < 1.29 is 19.1 Å². The Morgan fingerprint density at radius 1 is 1.25 bits per heavy atom. The number of hydrogen-bond acceptors (Lipinski definition) is 4. The van der Waals surface area contributed by atoms with Crippen molar-refractivity contribution in [3.05, 3.63) is 0 Å². The van der Waals surface area contributed by atoms with Crippen molar-refractivity contribution in [1.82, 2.24) is 0 Å². The first-order chi connectivity index (χ1) is 7.57. The highest BCUT2D eigenvalue weighted by Crippen LogP contribution is 2.28. The Morgan fingerprint density at radius 3 is 2.25 bits per heavy atom. The van der Waals surface area contributed by atoms with E-state index in [4.69, 9.17) is 4.74 Å². The molecule has 0 radical (unpaired) electrons. The van der Waals surface area contributed by atoms with Gasteiger partial charge in [0.1, 0.15) is 0 Å². The Balaban J connectivity index is 2.72. The van der Waals surface area contributed by atoms with Crippen LogP contribution in [0.25, 0.3) is 0 Å². The number of carbonyl (C=O) groups excluding carboxylic acids is 3. The zero-order chi connectivity index (χ0) is 12.1. The van der Waals surface area contributed by atoms with Gasteiger partial charge in [0, 0.05) is 5.92 Å². The zero-order valence-electron chi connectivity index (χ0n) is 9.82. The van der Waals surface area contributed by atoms with E-state index in [-0.39, 0.29) is 18.3 Å². The molecule has 0 saturated heterocycles. The number of carbonyl (C=O) groups is 3. The van der Waals surface area contributed by atoms with Crippen LogP contribution >= 0.6 is 0 Å². The molecule has 1 unspecified atom stereocenters. The summed E-state index contributed by atoms with van der Waals surface area (Å²) in [6.45, 7) is 3.13. The van der Waals surface area contributed by atoms with Crippen molar-refractivity contribution in [3.63, 3.8) is 0 Å². The number of hydrogen-bond donors (Lipinski definition) is 0. The van der Waals surface area contributed by atoms with Crippen LogP contribution in [-0.4, -0.2) is 24.1 Å². The van der Waals surface area contributed by atoms with Gasteiger partial charge in [-0.3, -0.25) is 14.4 Å². The van der Waals surface area contributed by atoms with Gasteiger partial charge < -0.3 is 4.74 Å². The predicted octanol–water partition coefficient (Wildman–Crippen LogP) is 1.51. The molecule has 0 N–H and O–H groups in total. The zero-order valence-corrected chi connectivity index (χ0v) is 9.82. The van der Waals surface area contributed by atoms with Gasteiger partial charge in [-0.2, -0.15) is 0 Å². The summed E-state index contributed by atoms with van der Waals surface area (Å²) in [7, 11) is 0. The maximum absolute atomic E-state index is 12.0. The maximum atomic E-state index is 12.0. The largest absolute Gasteiger partial charge is 0.465 e. The Hall–Kier alpha value is -1.19. The van der Waals surface area contributed by atoms with Gasteiger partial charge in [0.25, 0.3) is 0 Å². The number of ketones is 2. The van der Waals surface area contributed by atoms with E-state index in [1.807, 2.05) is 0 Å². The molecule has 0 spiro atoms. The summed E-state index contributed by atoms with van der Waals surface area (Å²) in [6.07, 6.45) is 3.59. The van der Waals surface area contributed by atoms with E-state index in [2.05, 4.69) is 0 Å². The molecule has 90 valence electrons. The van der Waals surface area contributed by atoms with E-state index in [0.717, 1.165) is 25.7 Å². The number of esters is 1. The van der Waals surface area contributed by atoms with Crippen molar-refractivity contribution in [1.29, 1.82) is 0 Å². The van der Waals surface area contributed by atoms with Crippen molar-refractivity contribution >= 4 is 17.5 Å². The summed E-state index contributed by atoms with van der Waals surface area (Å²) in [5, 5.41) is 0. The molecule has 4 nitrogen and oxygen atoms in total. The van der Waals surface area contributed by atoms with Crippen LogP contribution in [0.4, 0.5) is 0 Å². The predicted molar refractivity (Wildman–Crippen MR) is 57.8 cm³/mol. The van der Waals surface area contributed by atoms with Crippen LogP contribution in [0.1, 0.15) is 39.5 Å². The molecule has 1 aliphatic rings. The number of Topliss-reactive ketones (excluding diaryl/α,β-unsaturated/α-hetero) is 2. The molecule has 1 rings (SSSR count). The van der Waals surface area contributed by atoms with Gasteiger partial charge >= 0.3 is 5.97 Å². The Bertz CT molecular complexity index is 289. The molecule has 1 saturated carbocycles. The average molecular weight is 226 g/mol. The quantitative estimate of drug-likeness (QED) is 0.526. The summed E-state index contributed by atoms with van der Waals surface area (Å²) in [5.41, 5.74) is 0. The van der Waals surface area contributed by atoms with E-state index >= 15 is 0 Å². The van der Waals surface area contributed by atoms with Crippen molar-refractivity contribution in [2.45, 2.75) is 39.5 Å². The fourth-order valence-electron chi connectivity index (χ4n) is 2.15. The monoisotopic (exact) mass is 226 g/mol. The van der Waals surface area contributed by atoms with Gasteiger partial charge in [0.2, 0.25) is 0 Å². The summed E-state index contributed by atoms with van der Waals surface area (Å²) in [6, 6.07) is 0. The second kappa shape index (κ2) is 5.77. The smallest absolute Gasteiger partial charge is 0.324 e. The maximum Gasteiger partial charge on any atom is 0.324 e. The Kier molecular flexibility index (Phi) is 4.65. The van der Waals surface area contributed by atoms with Crippen molar-refractivity contribution in [2.24, 2.45) is 11.8 Å². The third kappa shape index (κ3) is 2.90. The standard InChI is InChI=1S/C12H18O4/c1-3-16-12(15)10(8(2)13)11(14)9-6-4-5-7-9/h9-10H,3-7H2,1-2H3. The molecule has 0 aromatic carbocycles. The van der Waals surface area contributed by atoms with E-state index in [0.29, 0.717) is 0 Å². The summed E-state index contributed by atoms with van der Waals surface area (Å²) in [5.74, 6) is -2.66. The molecule has 0 heterocycles. The van der Waals surface area contributed by atoms with Crippen LogP contribution in [0.5, 0.6) is 0 Å². The highest BCUT2D eigenvalue weighted by Gasteiger charge is 2.37. The van der Waals surface area contributed by atoms with Crippen LogP contribution in [0.15, 0.2) is 0 Å². The minimum absolute atomic E-state index is 0.127. The van der Waals surface area contributed by atoms with Gasteiger partial charge in [-0.25, -0.2) is 0 Å². The molecule has 1 atom stereocenters. The van der Waals surface area contributed by atoms with E-state index in [1.165, 1.54) is 6.92 Å². The lowest BCUT2D eigenvalue weighted by Crippen LogP contribution is -2.35. The third-order valence-corrected chi connectivity index (χ3v) is 2.97. The molecule has 4 heteroatoms.